The standard InChI is InChI=1S/C25H31Cl2N5O2/c1-15(21-5-4-19(26)9-22(21)27)29-23-10-28-11-24(30-23)32-13-18(14-32)16-3-2-6-31(12-16)20-7-17(8-20)25(33)34/h4-5,9-11,15-18,20H,2-3,6-8,12-14H2,1H3,(H,29,30)(H,33,34)/t15-,16+,17-,20+/m1/s1. The van der Waals surface area contributed by atoms with Gasteiger partial charge in [-0.3, -0.25) is 9.78 Å². The summed E-state index contributed by atoms with van der Waals surface area (Å²) in [4.78, 5) is 25.2. The Kier molecular flexibility index (Phi) is 6.87. The third kappa shape index (κ3) is 4.97. The zero-order chi connectivity index (χ0) is 23.8. The van der Waals surface area contributed by atoms with Crippen molar-refractivity contribution in [3.05, 3.63) is 46.2 Å². The molecule has 3 fully saturated rings. The number of aliphatic carboxylic acids is 1. The van der Waals surface area contributed by atoms with Crippen molar-refractivity contribution in [1.82, 2.24) is 14.9 Å². The first-order valence-corrected chi connectivity index (χ1v) is 12.9. The fourth-order valence-corrected chi connectivity index (χ4v) is 6.14. The number of rotatable bonds is 7. The number of aromatic nitrogens is 2. The summed E-state index contributed by atoms with van der Waals surface area (Å²) in [6.07, 6.45) is 7.66. The smallest absolute Gasteiger partial charge is 0.306 e. The van der Waals surface area contributed by atoms with Crippen molar-refractivity contribution in [2.75, 3.05) is 36.4 Å². The van der Waals surface area contributed by atoms with Gasteiger partial charge in [-0.25, -0.2) is 4.98 Å². The van der Waals surface area contributed by atoms with Crippen molar-refractivity contribution in [3.63, 3.8) is 0 Å². The molecular formula is C25H31Cl2N5O2. The quantitative estimate of drug-likeness (QED) is 0.551. The van der Waals surface area contributed by atoms with Crippen LogP contribution in [0.1, 0.15) is 44.2 Å². The largest absolute Gasteiger partial charge is 0.481 e. The lowest BCUT2D eigenvalue weighted by Crippen LogP contribution is -2.56. The zero-order valence-electron chi connectivity index (χ0n) is 19.3. The van der Waals surface area contributed by atoms with Gasteiger partial charge in [-0.1, -0.05) is 29.3 Å². The van der Waals surface area contributed by atoms with Crippen LogP contribution < -0.4 is 10.2 Å². The lowest BCUT2D eigenvalue weighted by atomic mass is 9.76. The highest BCUT2D eigenvalue weighted by Gasteiger charge is 2.42. The van der Waals surface area contributed by atoms with E-state index in [9.17, 15) is 9.90 Å². The molecule has 0 amide bonds. The average Bonchev–Trinajstić information content (AvgIpc) is 2.72. The van der Waals surface area contributed by atoms with Crippen LogP contribution >= 0.6 is 23.2 Å². The summed E-state index contributed by atoms with van der Waals surface area (Å²) in [5.74, 6) is 2.18. The van der Waals surface area contributed by atoms with Gasteiger partial charge in [0.25, 0.3) is 0 Å². The molecule has 0 unspecified atom stereocenters. The predicted octanol–water partition coefficient (Wildman–Crippen LogP) is 4.97. The summed E-state index contributed by atoms with van der Waals surface area (Å²) in [5, 5.41) is 13.8. The first kappa shape index (κ1) is 23.6. The van der Waals surface area contributed by atoms with E-state index < -0.39 is 5.97 Å². The minimum absolute atomic E-state index is 0.0288. The Morgan fingerprint density at radius 3 is 2.71 bits per heavy atom. The van der Waals surface area contributed by atoms with E-state index >= 15 is 0 Å². The fraction of sp³-hybridized carbons (Fsp3) is 0.560. The van der Waals surface area contributed by atoms with Crippen LogP contribution in [0, 0.1) is 17.8 Å². The van der Waals surface area contributed by atoms with Crippen LogP contribution in [0.2, 0.25) is 10.0 Å². The number of anilines is 2. The summed E-state index contributed by atoms with van der Waals surface area (Å²) in [6, 6.07) is 5.95. The molecule has 9 heteroatoms. The van der Waals surface area contributed by atoms with Crippen LogP contribution in [-0.2, 0) is 4.79 Å². The average molecular weight is 504 g/mol. The van der Waals surface area contributed by atoms with Gasteiger partial charge in [0.2, 0.25) is 0 Å². The highest BCUT2D eigenvalue weighted by Crippen LogP contribution is 2.38. The van der Waals surface area contributed by atoms with Gasteiger partial charge in [0.15, 0.2) is 0 Å². The Bertz CT molecular complexity index is 1040. The minimum Gasteiger partial charge on any atom is -0.481 e. The molecule has 2 atom stereocenters. The van der Waals surface area contributed by atoms with Gasteiger partial charge >= 0.3 is 5.97 Å². The Balaban J connectivity index is 1.14. The topological polar surface area (TPSA) is 81.6 Å². The molecule has 0 radical (unpaired) electrons. The van der Waals surface area contributed by atoms with Gasteiger partial charge < -0.3 is 20.2 Å². The number of hydrogen-bond acceptors (Lipinski definition) is 6. The zero-order valence-corrected chi connectivity index (χ0v) is 20.8. The minimum atomic E-state index is -0.636. The molecule has 7 nitrogen and oxygen atoms in total. The lowest BCUT2D eigenvalue weighted by molar-refractivity contribution is -0.147. The molecule has 182 valence electrons. The maximum absolute atomic E-state index is 11.1. The van der Waals surface area contributed by atoms with E-state index in [2.05, 4.69) is 20.1 Å². The second kappa shape index (κ2) is 9.88. The van der Waals surface area contributed by atoms with Crippen molar-refractivity contribution >= 4 is 40.8 Å². The van der Waals surface area contributed by atoms with Gasteiger partial charge in [-0.15, -0.1) is 0 Å². The van der Waals surface area contributed by atoms with Gasteiger partial charge in [0.05, 0.1) is 24.4 Å². The Morgan fingerprint density at radius 2 is 1.97 bits per heavy atom. The number of likely N-dealkylation sites (tertiary alicyclic amines) is 1. The summed E-state index contributed by atoms with van der Waals surface area (Å²) >= 11 is 12.4. The van der Waals surface area contributed by atoms with E-state index in [0.29, 0.717) is 27.9 Å². The van der Waals surface area contributed by atoms with E-state index in [0.717, 1.165) is 56.2 Å². The molecule has 2 saturated heterocycles. The molecule has 0 bridgehead atoms. The molecule has 2 aromatic rings. The molecule has 34 heavy (non-hydrogen) atoms. The van der Waals surface area contributed by atoms with Crippen molar-refractivity contribution in [2.45, 2.75) is 44.7 Å². The summed E-state index contributed by atoms with van der Waals surface area (Å²) < 4.78 is 0. The molecule has 5 rings (SSSR count). The second-order valence-corrected chi connectivity index (χ2v) is 10.9. The molecule has 1 saturated carbocycles. The number of nitrogens with zero attached hydrogens (tertiary/aromatic N) is 4. The maximum Gasteiger partial charge on any atom is 0.306 e. The van der Waals surface area contributed by atoms with Gasteiger partial charge in [0, 0.05) is 35.7 Å². The van der Waals surface area contributed by atoms with Crippen molar-refractivity contribution < 1.29 is 9.90 Å². The molecular weight excluding hydrogens is 473 g/mol. The number of carboxylic acid groups (broad SMARTS) is 1. The number of hydrogen-bond donors (Lipinski definition) is 2. The lowest BCUT2D eigenvalue weighted by Gasteiger charge is -2.50. The van der Waals surface area contributed by atoms with E-state index in [4.69, 9.17) is 28.2 Å². The van der Waals surface area contributed by atoms with Gasteiger partial charge in [-0.2, -0.15) is 0 Å². The van der Waals surface area contributed by atoms with Crippen molar-refractivity contribution in [2.24, 2.45) is 17.8 Å². The van der Waals surface area contributed by atoms with E-state index in [1.807, 2.05) is 25.3 Å². The molecule has 3 aliphatic rings. The van der Waals surface area contributed by atoms with Crippen LogP contribution in [0.5, 0.6) is 0 Å². The second-order valence-electron chi connectivity index (χ2n) is 10.0. The van der Waals surface area contributed by atoms with Crippen LogP contribution in [0.3, 0.4) is 0 Å². The maximum atomic E-state index is 11.1. The highest BCUT2D eigenvalue weighted by atomic mass is 35.5. The fourth-order valence-electron chi connectivity index (χ4n) is 5.57. The molecule has 2 aliphatic heterocycles. The van der Waals surface area contributed by atoms with E-state index in [1.54, 1.807) is 12.3 Å². The number of piperidine rings is 1. The Hall–Kier alpha value is -2.09. The first-order chi connectivity index (χ1) is 16.4. The van der Waals surface area contributed by atoms with Gasteiger partial charge in [-0.05, 0) is 68.7 Å². The summed E-state index contributed by atoms with van der Waals surface area (Å²) in [6.45, 7) is 6.25. The van der Waals surface area contributed by atoms with Crippen LogP contribution in [0.15, 0.2) is 30.6 Å². The van der Waals surface area contributed by atoms with Crippen LogP contribution in [-0.4, -0.2) is 58.2 Å². The molecule has 2 N–H and O–H groups in total. The monoisotopic (exact) mass is 503 g/mol. The molecule has 3 heterocycles. The third-order valence-corrected chi connectivity index (χ3v) is 8.35. The van der Waals surface area contributed by atoms with Crippen molar-refractivity contribution in [3.8, 4) is 0 Å². The van der Waals surface area contributed by atoms with Crippen LogP contribution in [0.4, 0.5) is 11.6 Å². The Labute approximate surface area is 210 Å². The SMILES string of the molecule is C[C@@H](Nc1cncc(N2CC([C@H]3CCCN([C@H]4C[C@@H](C(=O)O)C4)C3)C2)n1)c1ccc(Cl)cc1Cl. The molecule has 1 aromatic heterocycles. The summed E-state index contributed by atoms with van der Waals surface area (Å²) in [7, 11) is 0. The number of carboxylic acids is 1. The number of carbonyl (C=O) groups is 1. The Morgan fingerprint density at radius 1 is 1.18 bits per heavy atom. The van der Waals surface area contributed by atoms with Crippen LogP contribution in [0.25, 0.3) is 0 Å². The van der Waals surface area contributed by atoms with E-state index in [-0.39, 0.29) is 12.0 Å². The van der Waals surface area contributed by atoms with E-state index in [1.165, 1.54) is 12.8 Å². The highest BCUT2D eigenvalue weighted by molar-refractivity contribution is 6.35. The summed E-state index contributed by atoms with van der Waals surface area (Å²) in [5.41, 5.74) is 0.963. The van der Waals surface area contributed by atoms with Gasteiger partial charge in [0.1, 0.15) is 11.6 Å². The number of halogens is 2. The molecule has 1 aromatic carbocycles. The molecule has 1 aliphatic carbocycles. The normalized spacial score (nSPS) is 26.4. The number of benzene rings is 1. The third-order valence-electron chi connectivity index (χ3n) is 7.78. The first-order valence-electron chi connectivity index (χ1n) is 12.1. The number of nitrogens with one attached hydrogen (secondary N) is 1. The molecule has 0 spiro atoms. The van der Waals surface area contributed by atoms with Crippen molar-refractivity contribution in [1.29, 1.82) is 0 Å². The predicted molar refractivity (Wildman–Crippen MR) is 135 cm³/mol.